The summed E-state index contributed by atoms with van der Waals surface area (Å²) in [5.41, 5.74) is 0. The molecule has 0 saturated carbocycles. The molecule has 0 spiro atoms. The van der Waals surface area contributed by atoms with Gasteiger partial charge in [-0.05, 0) is 19.3 Å². The van der Waals surface area contributed by atoms with Crippen molar-refractivity contribution in [2.24, 2.45) is 0 Å². The molecule has 3 heteroatoms. The molecule has 18 heavy (non-hydrogen) atoms. The van der Waals surface area contributed by atoms with Crippen molar-refractivity contribution in [2.75, 3.05) is 26.8 Å². The number of nitrogens with zero attached hydrogens (tertiary/aromatic N) is 1. The van der Waals surface area contributed by atoms with Gasteiger partial charge in [-0.25, -0.2) is 0 Å². The summed E-state index contributed by atoms with van der Waals surface area (Å²) in [6.07, 6.45) is 6.29. The first-order valence-electron chi connectivity index (χ1n) is 7.74. The van der Waals surface area contributed by atoms with Crippen molar-refractivity contribution in [1.82, 2.24) is 10.2 Å². The number of methoxy groups -OCH3 is 1. The van der Waals surface area contributed by atoms with Gasteiger partial charge < -0.3 is 10.1 Å². The Balaban J connectivity index is 2.63. The van der Waals surface area contributed by atoms with Crippen LogP contribution in [0.25, 0.3) is 0 Å². The summed E-state index contributed by atoms with van der Waals surface area (Å²) in [6.45, 7) is 10.1. The molecule has 0 aromatic rings. The minimum atomic E-state index is 0.603. The van der Waals surface area contributed by atoms with Gasteiger partial charge in [0.2, 0.25) is 0 Å². The number of rotatable bonds is 8. The fraction of sp³-hybridized carbons (Fsp3) is 1.00. The van der Waals surface area contributed by atoms with Crippen LogP contribution in [-0.2, 0) is 4.74 Å². The average Bonchev–Trinajstić information content (AvgIpc) is 2.39. The SMILES string of the molecule is CCCC1CN(C(CCC)COC)C(CC)CN1. The Morgan fingerprint density at radius 2 is 2.06 bits per heavy atom. The quantitative estimate of drug-likeness (QED) is 0.722. The van der Waals surface area contributed by atoms with Gasteiger partial charge in [0.05, 0.1) is 6.61 Å². The van der Waals surface area contributed by atoms with E-state index in [4.69, 9.17) is 4.74 Å². The first-order chi connectivity index (χ1) is 8.76. The lowest BCUT2D eigenvalue weighted by molar-refractivity contribution is 0.0262. The summed E-state index contributed by atoms with van der Waals surface area (Å²) in [7, 11) is 1.83. The van der Waals surface area contributed by atoms with Crippen molar-refractivity contribution in [3.8, 4) is 0 Å². The van der Waals surface area contributed by atoms with Gasteiger partial charge in [-0.1, -0.05) is 33.6 Å². The second-order valence-electron chi connectivity index (χ2n) is 5.55. The monoisotopic (exact) mass is 256 g/mol. The topological polar surface area (TPSA) is 24.5 Å². The molecule has 1 fully saturated rings. The van der Waals surface area contributed by atoms with Crippen molar-refractivity contribution in [1.29, 1.82) is 0 Å². The zero-order valence-corrected chi connectivity index (χ0v) is 12.7. The average molecular weight is 256 g/mol. The molecule has 1 N–H and O–H groups in total. The molecule has 1 saturated heterocycles. The summed E-state index contributed by atoms with van der Waals surface area (Å²) in [5, 5.41) is 3.71. The molecule has 1 rings (SSSR count). The van der Waals surface area contributed by atoms with Gasteiger partial charge in [0, 0.05) is 38.3 Å². The summed E-state index contributed by atoms with van der Waals surface area (Å²) >= 11 is 0. The van der Waals surface area contributed by atoms with E-state index in [1.165, 1.54) is 38.6 Å². The van der Waals surface area contributed by atoms with Crippen LogP contribution in [0.3, 0.4) is 0 Å². The zero-order valence-electron chi connectivity index (χ0n) is 12.7. The van der Waals surface area contributed by atoms with Crippen LogP contribution in [0.1, 0.15) is 52.9 Å². The first kappa shape index (κ1) is 15.9. The largest absolute Gasteiger partial charge is 0.383 e. The second kappa shape index (κ2) is 8.89. The third-order valence-electron chi connectivity index (χ3n) is 4.10. The van der Waals surface area contributed by atoms with E-state index in [-0.39, 0.29) is 0 Å². The van der Waals surface area contributed by atoms with Gasteiger partial charge in [0.15, 0.2) is 0 Å². The smallest absolute Gasteiger partial charge is 0.0618 e. The molecular weight excluding hydrogens is 224 g/mol. The molecule has 0 aromatic heterocycles. The van der Waals surface area contributed by atoms with Gasteiger partial charge in [0.1, 0.15) is 0 Å². The molecule has 3 atom stereocenters. The minimum absolute atomic E-state index is 0.603. The second-order valence-corrected chi connectivity index (χ2v) is 5.55. The maximum Gasteiger partial charge on any atom is 0.0618 e. The van der Waals surface area contributed by atoms with Crippen LogP contribution in [0.5, 0.6) is 0 Å². The van der Waals surface area contributed by atoms with E-state index in [1.807, 2.05) is 7.11 Å². The third-order valence-corrected chi connectivity index (χ3v) is 4.10. The number of ether oxygens (including phenoxy) is 1. The van der Waals surface area contributed by atoms with Crippen LogP contribution in [0.2, 0.25) is 0 Å². The highest BCUT2D eigenvalue weighted by atomic mass is 16.5. The van der Waals surface area contributed by atoms with E-state index in [0.717, 1.165) is 13.2 Å². The summed E-state index contributed by atoms with van der Waals surface area (Å²) in [5.74, 6) is 0. The Hall–Kier alpha value is -0.120. The molecule has 1 aliphatic heterocycles. The molecule has 1 aliphatic rings. The van der Waals surface area contributed by atoms with Crippen LogP contribution in [0, 0.1) is 0 Å². The van der Waals surface area contributed by atoms with Crippen molar-refractivity contribution < 1.29 is 4.74 Å². The Bertz CT molecular complexity index is 205. The highest BCUT2D eigenvalue weighted by Gasteiger charge is 2.30. The highest BCUT2D eigenvalue weighted by Crippen LogP contribution is 2.19. The maximum atomic E-state index is 5.44. The fourth-order valence-corrected chi connectivity index (χ4v) is 3.13. The van der Waals surface area contributed by atoms with Gasteiger partial charge in [-0.2, -0.15) is 0 Å². The molecule has 1 heterocycles. The number of hydrogen-bond acceptors (Lipinski definition) is 3. The lowest BCUT2D eigenvalue weighted by atomic mass is 9.99. The molecule has 0 aromatic carbocycles. The molecule has 3 nitrogen and oxygen atoms in total. The number of hydrogen-bond donors (Lipinski definition) is 1. The standard InChI is InChI=1S/C15H32N2O/c1-5-8-13-11-17(14(7-3)10-16-13)15(9-6-2)12-18-4/h13-16H,5-12H2,1-4H3. The van der Waals surface area contributed by atoms with Crippen molar-refractivity contribution in [2.45, 2.75) is 71.0 Å². The fourth-order valence-electron chi connectivity index (χ4n) is 3.13. The molecule has 0 amide bonds. The van der Waals surface area contributed by atoms with Crippen LogP contribution in [-0.4, -0.2) is 49.8 Å². The number of nitrogens with one attached hydrogen (secondary N) is 1. The van der Waals surface area contributed by atoms with E-state index >= 15 is 0 Å². The predicted octanol–water partition coefficient (Wildman–Crippen LogP) is 2.65. The molecule has 3 unspecified atom stereocenters. The molecule has 0 radical (unpaired) electrons. The number of piperazine rings is 1. The van der Waals surface area contributed by atoms with Crippen LogP contribution < -0.4 is 5.32 Å². The Labute approximate surface area is 113 Å². The first-order valence-corrected chi connectivity index (χ1v) is 7.74. The third kappa shape index (κ3) is 4.52. The summed E-state index contributed by atoms with van der Waals surface area (Å²) in [4.78, 5) is 2.71. The van der Waals surface area contributed by atoms with Gasteiger partial charge in [-0.15, -0.1) is 0 Å². The lowest BCUT2D eigenvalue weighted by Crippen LogP contribution is -2.60. The molecule has 0 bridgehead atoms. The predicted molar refractivity (Wildman–Crippen MR) is 78.1 cm³/mol. The highest BCUT2D eigenvalue weighted by molar-refractivity contribution is 4.89. The van der Waals surface area contributed by atoms with Crippen LogP contribution in [0.4, 0.5) is 0 Å². The Morgan fingerprint density at radius 3 is 2.61 bits per heavy atom. The molecular formula is C15H32N2O. The summed E-state index contributed by atoms with van der Waals surface area (Å²) in [6, 6.07) is 1.96. The van der Waals surface area contributed by atoms with Crippen molar-refractivity contribution >= 4 is 0 Å². The lowest BCUT2D eigenvalue weighted by Gasteiger charge is -2.44. The molecule has 0 aliphatic carbocycles. The van der Waals surface area contributed by atoms with Crippen LogP contribution in [0.15, 0.2) is 0 Å². The zero-order chi connectivity index (χ0) is 13.4. The van der Waals surface area contributed by atoms with E-state index in [0.29, 0.717) is 18.1 Å². The van der Waals surface area contributed by atoms with Crippen molar-refractivity contribution in [3.63, 3.8) is 0 Å². The van der Waals surface area contributed by atoms with Crippen LogP contribution >= 0.6 is 0 Å². The molecule has 108 valence electrons. The van der Waals surface area contributed by atoms with Gasteiger partial charge in [0.25, 0.3) is 0 Å². The van der Waals surface area contributed by atoms with Gasteiger partial charge >= 0.3 is 0 Å². The maximum absolute atomic E-state index is 5.44. The van der Waals surface area contributed by atoms with Gasteiger partial charge in [-0.3, -0.25) is 4.90 Å². The van der Waals surface area contributed by atoms with E-state index < -0.39 is 0 Å². The van der Waals surface area contributed by atoms with E-state index in [2.05, 4.69) is 31.0 Å². The van der Waals surface area contributed by atoms with Crippen molar-refractivity contribution in [3.05, 3.63) is 0 Å². The Morgan fingerprint density at radius 1 is 1.28 bits per heavy atom. The van der Waals surface area contributed by atoms with E-state index in [1.54, 1.807) is 0 Å². The summed E-state index contributed by atoms with van der Waals surface area (Å²) < 4.78 is 5.44. The minimum Gasteiger partial charge on any atom is -0.383 e. The van der Waals surface area contributed by atoms with E-state index in [9.17, 15) is 0 Å². The normalized spacial score (nSPS) is 27.3. The Kier molecular flexibility index (Phi) is 7.87.